The molecule has 0 fully saturated rings. The van der Waals surface area contributed by atoms with Crippen LogP contribution in [0.25, 0.3) is 0 Å². The summed E-state index contributed by atoms with van der Waals surface area (Å²) in [5.74, 6) is 5.32. The SMILES string of the molecule is COc1c(Br)csc1S(=O)(=O)N(C)c1cc(C)on1.COc1c(N=C(c2ccccc2)c2ccccc2)csc1S(=O)(=O)N(C)c1cc(C)on1.COc1ccsc1S(=O)(=O)Cl.COc1ccsc1S(=O)(=O)N(C)c1cc(C)on1.COc1ccsc1S(=O)(=O)Nc1cc(C)on1.Cc1cc(N(C)S(=O)(=O)c2scc(Br)c2O)no1.Cc1cc(N(C)S(=O)(=O)c2scc(N)c2O)no1.Cc1cc(N(C)S(=O)(=O)c2sccc2O)no1. The molecule has 15 heterocycles. The number of hydrogen-bond acceptors (Lipinski definition) is 48. The molecule has 0 bridgehead atoms. The first-order chi connectivity index (χ1) is 70.4. The quantitative estimate of drug-likeness (QED) is 0.0206. The van der Waals surface area contributed by atoms with Gasteiger partial charge in [-0.15, -0.1) is 90.7 Å². The second-order valence-corrected chi connectivity index (χ2v) is 56.0. The van der Waals surface area contributed by atoms with E-state index in [2.05, 4.69) is 72.7 Å². The van der Waals surface area contributed by atoms with E-state index in [1.54, 1.807) is 112 Å². The predicted octanol–water partition coefficient (Wildman–Crippen LogP) is 18.2. The highest BCUT2D eigenvalue weighted by atomic mass is 79.9. The van der Waals surface area contributed by atoms with Crippen LogP contribution in [0.5, 0.6) is 46.0 Å². The van der Waals surface area contributed by atoms with Crippen LogP contribution in [0.15, 0.2) is 250 Å². The molecule has 0 saturated heterocycles. The average Bonchev–Trinajstić information content (AvgIpc) is 1.62. The molecule has 0 aliphatic carbocycles. The average molecular weight is 2530 g/mol. The van der Waals surface area contributed by atoms with Crippen molar-refractivity contribution in [3.8, 4) is 46.0 Å². The number of nitrogens with one attached hydrogen (secondary N) is 1. The molecule has 0 aliphatic heterocycles. The molecule has 17 rings (SSSR count). The summed E-state index contributed by atoms with van der Waals surface area (Å²) in [5.41, 5.74) is 8.42. The van der Waals surface area contributed by atoms with Crippen LogP contribution in [0.3, 0.4) is 0 Å². The van der Waals surface area contributed by atoms with E-state index in [1.807, 2.05) is 60.7 Å². The van der Waals surface area contributed by atoms with Crippen molar-refractivity contribution in [3.05, 3.63) is 231 Å². The van der Waals surface area contributed by atoms with E-state index in [0.29, 0.717) is 77.9 Å². The maximum Gasteiger partial charge on any atom is 0.278 e. The topological polar surface area (TPSA) is 632 Å². The summed E-state index contributed by atoms with van der Waals surface area (Å²) in [5, 5.41) is 67.0. The van der Waals surface area contributed by atoms with Crippen molar-refractivity contribution in [1.29, 1.82) is 0 Å². The second kappa shape index (κ2) is 50.8. The number of nitrogens with zero attached hydrogens (tertiary/aromatic N) is 14. The summed E-state index contributed by atoms with van der Waals surface area (Å²) in [6.07, 6.45) is 0. The van der Waals surface area contributed by atoms with Crippen molar-refractivity contribution >= 4 is 270 Å². The van der Waals surface area contributed by atoms with Gasteiger partial charge in [0.15, 0.2) is 97.4 Å². The van der Waals surface area contributed by atoms with Crippen LogP contribution in [0.2, 0.25) is 0 Å². The van der Waals surface area contributed by atoms with Gasteiger partial charge in [-0.2, -0.15) is 50.5 Å². The predicted molar refractivity (Wildman–Crippen MR) is 576 cm³/mol. The number of halogens is 3. The lowest BCUT2D eigenvalue weighted by Crippen LogP contribution is -2.26. The lowest BCUT2D eigenvalue weighted by molar-refractivity contribution is 0.398. The number of benzene rings is 2. The molecule has 0 unspecified atom stereocenters. The largest absolute Gasteiger partial charge is 0.506 e. The fourth-order valence-corrected chi connectivity index (χ4v) is 32.7. The molecule has 66 heteroatoms. The summed E-state index contributed by atoms with van der Waals surface area (Å²) < 4.78 is 264. The van der Waals surface area contributed by atoms with Gasteiger partial charge in [0, 0.05) is 128 Å². The monoisotopic (exact) mass is 2520 g/mol. The van der Waals surface area contributed by atoms with Gasteiger partial charge in [-0.25, -0.2) is 47.7 Å². The number of rotatable bonds is 30. The van der Waals surface area contributed by atoms with E-state index in [1.165, 1.54) is 124 Å². The Morgan fingerprint density at radius 3 is 0.973 bits per heavy atom. The number of thiophene rings is 8. The third-order valence-electron chi connectivity index (χ3n) is 19.1. The molecular weight excluding hydrogens is 2440 g/mol. The number of nitrogen functional groups attached to an aromatic ring is 1. The Morgan fingerprint density at radius 1 is 0.353 bits per heavy atom. The standard InChI is InChI=1S/C23H21N3O4S2.C10H11BrN2O4S2.C10H12N2O4S2.C9H9BrN2O4S2.C9H11N3O4S2.2C9H10N2O4S2.C5H5ClO3S2/c1-16-14-20(25-30-16)26(2)32(27,28)23-22(29-3)19(15-31-23)24-21(17-10-6-4-7-11-17)18-12-8-5-9-13-18;1-6-4-8(12-17-6)13(2)19(14,15)10-9(16-3)7(11)5-18-10;1-7-6-9(11-16-7)12(2)18(13,14)10-8(15-3)4-5-17-10;2*1-5-3-7(11-16-5)12(2)18(14,15)9-8(13)6(10)4-17-9;1-6-5-8(10-15-6)11-17(12,13)9-7(14-2)3-4-16-9;1-6-5-8(10-15-6)11(2)17(13,14)9-7(12)3-4-16-9;1-9-4-2-3-10-5(4)11(6,7)8/h4-15H,1-3H3;4-5H,1-3H3;4-6H,1-3H3;3-4,13H,1-2H3;3-4,13H,10H2,1-2H3;3-5H,1-2H3,(H,10,11);3-5,12H,1-2H3;2-3H,1H3. The zero-order valence-electron chi connectivity index (χ0n) is 81.0. The highest BCUT2D eigenvalue weighted by Crippen LogP contribution is 2.47. The van der Waals surface area contributed by atoms with Crippen LogP contribution in [0.4, 0.5) is 52.1 Å². The zero-order chi connectivity index (χ0) is 111. The lowest BCUT2D eigenvalue weighted by atomic mass is 10.0. The Bertz CT molecular complexity index is 8340. The lowest BCUT2D eigenvalue weighted by Gasteiger charge is -2.15. The van der Waals surface area contributed by atoms with Gasteiger partial charge in [-0.1, -0.05) is 96.8 Å². The van der Waals surface area contributed by atoms with Gasteiger partial charge in [0.2, 0.25) is 0 Å². The van der Waals surface area contributed by atoms with Crippen molar-refractivity contribution in [2.45, 2.75) is 82.1 Å². The first-order valence-electron chi connectivity index (χ1n) is 41.2. The number of aromatic nitrogens is 7. The molecule has 6 N–H and O–H groups in total. The highest BCUT2D eigenvalue weighted by molar-refractivity contribution is 9.11. The van der Waals surface area contributed by atoms with Crippen molar-refractivity contribution in [2.24, 2.45) is 4.99 Å². The van der Waals surface area contributed by atoms with Gasteiger partial charge in [0.25, 0.3) is 79.2 Å². The molecule has 0 spiro atoms. The molecule has 47 nitrogen and oxygen atoms in total. The number of aliphatic imine (C=N–C) groups is 1. The summed E-state index contributed by atoms with van der Waals surface area (Å²) in [4.78, 5) is 4.83. The minimum atomic E-state index is -3.93. The summed E-state index contributed by atoms with van der Waals surface area (Å²) in [7, 11) is -9.68. The Kier molecular flexibility index (Phi) is 40.6. The molecule has 0 radical (unpaired) electrons. The molecule has 150 heavy (non-hydrogen) atoms. The van der Waals surface area contributed by atoms with Crippen LogP contribution in [0, 0.1) is 48.5 Å². The van der Waals surface area contributed by atoms with Gasteiger partial charge in [-0.05, 0) is 126 Å². The Morgan fingerprint density at radius 2 is 0.653 bits per heavy atom. The van der Waals surface area contributed by atoms with E-state index in [0.717, 1.165) is 128 Å². The summed E-state index contributed by atoms with van der Waals surface area (Å²) >= 11 is 14.4. The van der Waals surface area contributed by atoms with Gasteiger partial charge < -0.3 is 76.4 Å². The van der Waals surface area contributed by atoms with E-state index < -0.39 is 85.0 Å². The molecule has 0 atom stereocenters. The number of aromatic hydroxyl groups is 3. The molecule has 0 saturated carbocycles. The molecule has 2 aromatic carbocycles. The van der Waals surface area contributed by atoms with Crippen molar-refractivity contribution in [1.82, 2.24) is 36.1 Å². The number of anilines is 8. The molecule has 808 valence electrons. The summed E-state index contributed by atoms with van der Waals surface area (Å²) in [6, 6.07) is 36.2. The molecule has 15 aromatic heterocycles. The van der Waals surface area contributed by atoms with Crippen molar-refractivity contribution in [2.75, 3.05) is 114 Å². The minimum absolute atomic E-state index is 0.0308. The molecular formula is C84H89Br2ClN16O31S16. The van der Waals surface area contributed by atoms with Crippen LogP contribution in [-0.4, -0.2) is 202 Å². The first-order valence-corrected chi connectivity index (χ1v) is 62.2. The van der Waals surface area contributed by atoms with Gasteiger partial charge in [-0.3, -0.25) is 4.72 Å². The van der Waals surface area contributed by atoms with E-state index in [4.69, 9.17) is 76.8 Å². The van der Waals surface area contributed by atoms with Crippen LogP contribution in [-0.2, 0) is 79.2 Å². The number of ether oxygens (including phenoxy) is 5. The molecule has 17 aromatic rings. The summed E-state index contributed by atoms with van der Waals surface area (Å²) in [6.45, 7) is 11.7. The van der Waals surface area contributed by atoms with E-state index in [-0.39, 0.29) is 103 Å². The molecule has 0 aliphatic rings. The van der Waals surface area contributed by atoms with E-state index in [9.17, 15) is 82.7 Å². The van der Waals surface area contributed by atoms with Gasteiger partial charge in [0.1, 0.15) is 69.0 Å². The highest BCUT2D eigenvalue weighted by Gasteiger charge is 2.37. The normalized spacial score (nSPS) is 11.5. The fraction of sp³-hybridized carbons (Fsp3) is 0.214. The zero-order valence-corrected chi connectivity index (χ0v) is 98.0. The van der Waals surface area contributed by atoms with Crippen molar-refractivity contribution in [3.63, 3.8) is 0 Å². The van der Waals surface area contributed by atoms with Crippen LogP contribution < -0.4 is 60.0 Å². The fourth-order valence-electron chi connectivity index (χ4n) is 11.5. The number of methoxy groups -OCH3 is 5. The number of sulfonamides is 7. The smallest absolute Gasteiger partial charge is 0.278 e. The number of hydrogen-bond donors (Lipinski definition) is 5. The Balaban J connectivity index is 0.000000178. The van der Waals surface area contributed by atoms with Crippen molar-refractivity contribution < 1.29 is 138 Å². The third kappa shape index (κ3) is 28.6. The minimum Gasteiger partial charge on any atom is -0.506 e. The molecule has 0 amide bonds. The third-order valence-corrected chi connectivity index (χ3v) is 46.1. The number of aryl methyl sites for hydroxylation is 7. The van der Waals surface area contributed by atoms with Gasteiger partial charge >= 0.3 is 0 Å². The maximum atomic E-state index is 13.3. The Labute approximate surface area is 913 Å². The maximum absolute atomic E-state index is 13.3. The second-order valence-electron chi connectivity index (χ2n) is 29.5. The number of nitrogens with two attached hydrogens (primary N) is 1. The van der Waals surface area contributed by atoms with Crippen LogP contribution in [0.1, 0.15) is 51.4 Å². The first kappa shape index (κ1) is 120. The van der Waals surface area contributed by atoms with E-state index >= 15 is 0 Å². The Hall–Kier alpha value is -12.2. The van der Waals surface area contributed by atoms with Crippen LogP contribution >= 0.6 is 133 Å². The van der Waals surface area contributed by atoms with Gasteiger partial charge in [0.05, 0.1) is 55.9 Å².